The SMILES string of the molecule is CCCCC1C(=O)C(C)=C(C)C1(O)CCCCCCCCC(=O)OC. The molecule has 4 nitrogen and oxygen atoms in total. The van der Waals surface area contributed by atoms with Crippen LogP contribution in [0.2, 0.25) is 0 Å². The van der Waals surface area contributed by atoms with Crippen molar-refractivity contribution in [2.24, 2.45) is 5.92 Å². The van der Waals surface area contributed by atoms with E-state index in [2.05, 4.69) is 11.7 Å². The van der Waals surface area contributed by atoms with Gasteiger partial charge in [0.05, 0.1) is 18.6 Å². The van der Waals surface area contributed by atoms with Gasteiger partial charge in [0.15, 0.2) is 5.78 Å². The summed E-state index contributed by atoms with van der Waals surface area (Å²) in [5, 5.41) is 11.2. The van der Waals surface area contributed by atoms with Crippen LogP contribution in [0.3, 0.4) is 0 Å². The second-order valence-electron chi connectivity index (χ2n) is 7.43. The summed E-state index contributed by atoms with van der Waals surface area (Å²) < 4.78 is 4.63. The standard InChI is InChI=1S/C21H36O4/c1-5-6-13-18-20(23)16(2)17(3)21(18,24)15-12-10-8-7-9-11-14-19(22)25-4/h18,24H,5-15H2,1-4H3. The lowest BCUT2D eigenvalue weighted by Gasteiger charge is -2.31. The van der Waals surface area contributed by atoms with Gasteiger partial charge in [-0.1, -0.05) is 51.9 Å². The molecule has 1 aliphatic rings. The zero-order valence-electron chi connectivity index (χ0n) is 16.5. The zero-order valence-corrected chi connectivity index (χ0v) is 16.5. The first-order valence-corrected chi connectivity index (χ1v) is 9.89. The third kappa shape index (κ3) is 5.95. The first-order valence-electron chi connectivity index (χ1n) is 9.89. The Hall–Kier alpha value is -1.16. The third-order valence-corrected chi connectivity index (χ3v) is 5.74. The molecule has 0 aliphatic heterocycles. The van der Waals surface area contributed by atoms with Crippen molar-refractivity contribution in [3.05, 3.63) is 11.1 Å². The van der Waals surface area contributed by atoms with Gasteiger partial charge in [0.25, 0.3) is 0 Å². The molecule has 0 amide bonds. The van der Waals surface area contributed by atoms with E-state index < -0.39 is 5.60 Å². The number of allylic oxidation sites excluding steroid dienone is 1. The fraction of sp³-hybridized carbons (Fsp3) is 0.810. The average molecular weight is 353 g/mol. The van der Waals surface area contributed by atoms with Crippen molar-refractivity contribution in [2.75, 3.05) is 7.11 Å². The molecule has 0 aromatic rings. The maximum Gasteiger partial charge on any atom is 0.305 e. The fourth-order valence-corrected chi connectivity index (χ4v) is 3.86. The molecule has 0 saturated heterocycles. The number of esters is 1. The molecule has 2 atom stereocenters. The van der Waals surface area contributed by atoms with E-state index in [4.69, 9.17) is 0 Å². The van der Waals surface area contributed by atoms with Crippen LogP contribution in [0.4, 0.5) is 0 Å². The molecule has 0 heterocycles. The van der Waals surface area contributed by atoms with Crippen molar-refractivity contribution in [1.82, 2.24) is 0 Å². The van der Waals surface area contributed by atoms with E-state index in [1.54, 1.807) is 0 Å². The lowest BCUT2D eigenvalue weighted by Crippen LogP contribution is -2.38. The number of methoxy groups -OCH3 is 1. The van der Waals surface area contributed by atoms with E-state index in [1.807, 2.05) is 13.8 Å². The van der Waals surface area contributed by atoms with Gasteiger partial charge in [-0.15, -0.1) is 0 Å². The minimum absolute atomic E-state index is 0.135. The molecule has 0 spiro atoms. The highest BCUT2D eigenvalue weighted by Crippen LogP contribution is 2.43. The van der Waals surface area contributed by atoms with E-state index in [-0.39, 0.29) is 17.7 Å². The van der Waals surface area contributed by atoms with Crippen LogP contribution >= 0.6 is 0 Å². The van der Waals surface area contributed by atoms with Crippen LogP contribution in [0.5, 0.6) is 0 Å². The summed E-state index contributed by atoms with van der Waals surface area (Å²) in [4.78, 5) is 23.5. The highest BCUT2D eigenvalue weighted by atomic mass is 16.5. The predicted octanol–water partition coefficient (Wildman–Crippen LogP) is 4.74. The summed E-state index contributed by atoms with van der Waals surface area (Å²) >= 11 is 0. The molecule has 0 aromatic carbocycles. The van der Waals surface area contributed by atoms with Gasteiger partial charge in [-0.3, -0.25) is 9.59 Å². The van der Waals surface area contributed by atoms with Crippen molar-refractivity contribution in [2.45, 2.75) is 97.0 Å². The van der Waals surface area contributed by atoms with Crippen molar-refractivity contribution in [1.29, 1.82) is 0 Å². The monoisotopic (exact) mass is 352 g/mol. The van der Waals surface area contributed by atoms with Crippen LogP contribution in [-0.4, -0.2) is 29.6 Å². The van der Waals surface area contributed by atoms with Crippen LogP contribution in [-0.2, 0) is 14.3 Å². The molecule has 4 heteroatoms. The minimum atomic E-state index is -0.929. The van der Waals surface area contributed by atoms with Crippen molar-refractivity contribution in [3.8, 4) is 0 Å². The molecule has 144 valence electrons. The van der Waals surface area contributed by atoms with E-state index in [0.717, 1.165) is 68.9 Å². The van der Waals surface area contributed by atoms with Gasteiger partial charge in [0.1, 0.15) is 0 Å². The van der Waals surface area contributed by atoms with E-state index in [9.17, 15) is 14.7 Å². The lowest BCUT2D eigenvalue weighted by atomic mass is 9.79. The largest absolute Gasteiger partial charge is 0.469 e. The highest BCUT2D eigenvalue weighted by molar-refractivity contribution is 6.01. The van der Waals surface area contributed by atoms with E-state index in [0.29, 0.717) is 12.8 Å². The zero-order chi connectivity index (χ0) is 18.9. The molecule has 0 saturated carbocycles. The Morgan fingerprint density at radius 2 is 1.68 bits per heavy atom. The summed E-state index contributed by atoms with van der Waals surface area (Å²) in [5.41, 5.74) is 0.726. The lowest BCUT2D eigenvalue weighted by molar-refractivity contribution is -0.140. The maximum atomic E-state index is 12.5. The number of carbonyl (C=O) groups excluding carboxylic acids is 2. The summed E-state index contributed by atoms with van der Waals surface area (Å²) in [5.74, 6) is -0.229. The van der Waals surface area contributed by atoms with Crippen LogP contribution in [0.25, 0.3) is 0 Å². The Morgan fingerprint density at radius 3 is 2.28 bits per heavy atom. The molecular formula is C21H36O4. The number of hydrogen-bond acceptors (Lipinski definition) is 4. The molecule has 0 fully saturated rings. The van der Waals surface area contributed by atoms with Crippen LogP contribution < -0.4 is 0 Å². The summed E-state index contributed by atoms with van der Waals surface area (Å²) in [6, 6.07) is 0. The van der Waals surface area contributed by atoms with Gasteiger partial charge >= 0.3 is 5.97 Å². The first kappa shape index (κ1) is 21.9. The Kier molecular flexibility index (Phi) is 9.41. The quantitative estimate of drug-likeness (QED) is 0.407. The second kappa shape index (κ2) is 10.7. The normalized spacial score (nSPS) is 23.4. The number of rotatable bonds is 12. The Bertz CT molecular complexity index is 480. The number of hydrogen-bond donors (Lipinski definition) is 1. The number of aliphatic hydroxyl groups is 1. The predicted molar refractivity (Wildman–Crippen MR) is 100 cm³/mol. The minimum Gasteiger partial charge on any atom is -0.469 e. The van der Waals surface area contributed by atoms with Gasteiger partial charge in [-0.05, 0) is 44.3 Å². The molecule has 2 unspecified atom stereocenters. The van der Waals surface area contributed by atoms with Crippen LogP contribution in [0, 0.1) is 5.92 Å². The van der Waals surface area contributed by atoms with E-state index in [1.165, 1.54) is 7.11 Å². The number of ether oxygens (including phenoxy) is 1. The third-order valence-electron chi connectivity index (χ3n) is 5.74. The fourth-order valence-electron chi connectivity index (χ4n) is 3.86. The van der Waals surface area contributed by atoms with Gasteiger partial charge in [-0.25, -0.2) is 0 Å². The van der Waals surface area contributed by atoms with Gasteiger partial charge in [-0.2, -0.15) is 0 Å². The second-order valence-corrected chi connectivity index (χ2v) is 7.43. The van der Waals surface area contributed by atoms with Gasteiger partial charge < -0.3 is 9.84 Å². The smallest absolute Gasteiger partial charge is 0.305 e. The summed E-state index contributed by atoms with van der Waals surface area (Å²) in [6.45, 7) is 5.90. The summed E-state index contributed by atoms with van der Waals surface area (Å²) in [6.07, 6.45) is 10.1. The van der Waals surface area contributed by atoms with Gasteiger partial charge in [0, 0.05) is 6.42 Å². The molecule has 0 bridgehead atoms. The maximum absolute atomic E-state index is 12.5. The topological polar surface area (TPSA) is 63.6 Å². The summed E-state index contributed by atoms with van der Waals surface area (Å²) in [7, 11) is 1.42. The van der Waals surface area contributed by atoms with Crippen LogP contribution in [0.15, 0.2) is 11.1 Å². The average Bonchev–Trinajstić information content (AvgIpc) is 2.76. The number of carbonyl (C=O) groups is 2. The number of Topliss-reactive ketones (excluding diaryl/α,β-unsaturated/α-hetero) is 1. The number of ketones is 1. The Balaban J connectivity index is 2.35. The molecule has 0 aromatic heterocycles. The first-order chi connectivity index (χ1) is 11.9. The van der Waals surface area contributed by atoms with Crippen LogP contribution in [0.1, 0.15) is 91.4 Å². The molecule has 1 rings (SSSR count). The Morgan fingerprint density at radius 1 is 1.08 bits per heavy atom. The van der Waals surface area contributed by atoms with E-state index >= 15 is 0 Å². The Labute approximate surface area is 153 Å². The van der Waals surface area contributed by atoms with Crippen molar-refractivity contribution < 1.29 is 19.4 Å². The van der Waals surface area contributed by atoms with Gasteiger partial charge in [0.2, 0.25) is 0 Å². The van der Waals surface area contributed by atoms with Crippen molar-refractivity contribution in [3.63, 3.8) is 0 Å². The van der Waals surface area contributed by atoms with Crippen molar-refractivity contribution >= 4 is 11.8 Å². The molecular weight excluding hydrogens is 316 g/mol. The molecule has 25 heavy (non-hydrogen) atoms. The highest BCUT2D eigenvalue weighted by Gasteiger charge is 2.48. The number of unbranched alkanes of at least 4 members (excludes halogenated alkanes) is 6. The molecule has 1 aliphatic carbocycles. The molecule has 0 radical (unpaired) electrons. The molecule has 1 N–H and O–H groups in total.